The molecule has 0 fully saturated rings. The molecule has 1 aromatic carbocycles. The molecule has 2 nitrogen and oxygen atoms in total. The van der Waals surface area contributed by atoms with Crippen molar-refractivity contribution in [1.29, 1.82) is 0 Å². The second kappa shape index (κ2) is 2.81. The van der Waals surface area contributed by atoms with E-state index < -0.39 is 0 Å². The van der Waals surface area contributed by atoms with Crippen LogP contribution in [-0.4, -0.2) is 4.89 Å². The molecular formula is C6H8NOP. The van der Waals surface area contributed by atoms with E-state index >= 15 is 0 Å². The average Bonchev–Trinajstić information content (AvgIpc) is 1.89. The minimum atomic E-state index is -0.196. The number of nitrogen functional groups attached to an aromatic ring is 1. The summed E-state index contributed by atoms with van der Waals surface area (Å²) in [6.45, 7) is 0. The highest BCUT2D eigenvalue weighted by molar-refractivity contribution is 7.41. The third-order valence-corrected chi connectivity index (χ3v) is 1.78. The Hall–Kier alpha value is -0.590. The fraction of sp³-hybridized carbons (Fsp3) is 0. The van der Waals surface area contributed by atoms with Gasteiger partial charge in [-0.15, -0.1) is 0 Å². The lowest BCUT2D eigenvalue weighted by Gasteiger charge is -1.97. The summed E-state index contributed by atoms with van der Waals surface area (Å²) < 4.78 is 0. The zero-order chi connectivity index (χ0) is 6.69. The monoisotopic (exact) mass is 141 g/mol. The molecule has 0 heterocycles. The first-order chi connectivity index (χ1) is 4.34. The smallest absolute Gasteiger partial charge is 0.0440 e. The van der Waals surface area contributed by atoms with Crippen LogP contribution < -0.4 is 11.0 Å². The highest BCUT2D eigenvalue weighted by Gasteiger charge is 1.91. The summed E-state index contributed by atoms with van der Waals surface area (Å²) >= 11 is 0. The Bertz CT molecular complexity index is 202. The van der Waals surface area contributed by atoms with Crippen LogP contribution in [0.5, 0.6) is 0 Å². The molecule has 0 bridgehead atoms. The van der Waals surface area contributed by atoms with Gasteiger partial charge in [0.15, 0.2) is 0 Å². The number of rotatable bonds is 1. The molecule has 0 spiro atoms. The van der Waals surface area contributed by atoms with Crippen molar-refractivity contribution in [2.45, 2.75) is 0 Å². The quantitative estimate of drug-likeness (QED) is 0.441. The fourth-order valence-corrected chi connectivity index (χ4v) is 0.982. The Morgan fingerprint density at radius 3 is 2.44 bits per heavy atom. The molecule has 0 aromatic heterocycles. The number of benzene rings is 1. The van der Waals surface area contributed by atoms with Crippen LogP contribution in [0.1, 0.15) is 0 Å². The van der Waals surface area contributed by atoms with Gasteiger partial charge in [-0.05, 0) is 6.07 Å². The number of hydrogen-bond donors (Lipinski definition) is 2. The summed E-state index contributed by atoms with van der Waals surface area (Å²) in [4.78, 5) is 8.67. The van der Waals surface area contributed by atoms with Crippen LogP contribution in [-0.2, 0) is 0 Å². The van der Waals surface area contributed by atoms with Crippen LogP contribution in [0.15, 0.2) is 24.3 Å². The Morgan fingerprint density at radius 2 is 2.00 bits per heavy atom. The van der Waals surface area contributed by atoms with Crippen molar-refractivity contribution in [1.82, 2.24) is 0 Å². The highest BCUT2D eigenvalue weighted by Crippen LogP contribution is 2.08. The third kappa shape index (κ3) is 1.41. The van der Waals surface area contributed by atoms with Gasteiger partial charge in [-0.2, -0.15) is 0 Å². The van der Waals surface area contributed by atoms with Crippen molar-refractivity contribution in [3.8, 4) is 0 Å². The van der Waals surface area contributed by atoms with Crippen molar-refractivity contribution < 1.29 is 4.89 Å². The highest BCUT2D eigenvalue weighted by atomic mass is 31.1. The molecule has 1 rings (SSSR count). The van der Waals surface area contributed by atoms with E-state index in [1.165, 1.54) is 0 Å². The van der Waals surface area contributed by atoms with E-state index in [4.69, 9.17) is 10.6 Å². The normalized spacial score (nSPS) is 10.8. The van der Waals surface area contributed by atoms with Crippen molar-refractivity contribution >= 4 is 19.8 Å². The molecule has 0 radical (unpaired) electrons. The average molecular weight is 141 g/mol. The van der Waals surface area contributed by atoms with E-state index in [1.807, 2.05) is 18.2 Å². The molecule has 3 N–H and O–H groups in total. The maximum absolute atomic E-state index is 8.67. The van der Waals surface area contributed by atoms with Crippen molar-refractivity contribution in [3.63, 3.8) is 0 Å². The lowest BCUT2D eigenvalue weighted by atomic mass is 10.3. The van der Waals surface area contributed by atoms with Crippen LogP contribution in [0.2, 0.25) is 0 Å². The second-order valence-electron chi connectivity index (χ2n) is 1.70. The van der Waals surface area contributed by atoms with Gasteiger partial charge in [0.1, 0.15) is 0 Å². The Kier molecular flexibility index (Phi) is 2.04. The summed E-state index contributed by atoms with van der Waals surface area (Å²) in [5.74, 6) is 0. The fourth-order valence-electron chi connectivity index (χ4n) is 0.599. The largest absolute Gasteiger partial charge is 0.398 e. The van der Waals surface area contributed by atoms with Gasteiger partial charge in [0, 0.05) is 19.8 Å². The summed E-state index contributed by atoms with van der Waals surface area (Å²) in [5.41, 5.74) is 6.14. The minimum absolute atomic E-state index is 0.196. The zero-order valence-corrected chi connectivity index (χ0v) is 5.83. The van der Waals surface area contributed by atoms with Gasteiger partial charge in [-0.3, -0.25) is 0 Å². The molecule has 48 valence electrons. The first kappa shape index (κ1) is 6.53. The maximum atomic E-state index is 8.67. The first-order valence-electron chi connectivity index (χ1n) is 2.59. The first-order valence-corrected chi connectivity index (χ1v) is 3.54. The van der Waals surface area contributed by atoms with E-state index in [2.05, 4.69) is 0 Å². The molecule has 0 aliphatic heterocycles. The van der Waals surface area contributed by atoms with Crippen LogP contribution in [0.4, 0.5) is 5.69 Å². The molecule has 0 aliphatic rings. The molecule has 1 unspecified atom stereocenters. The number of anilines is 1. The lowest BCUT2D eigenvalue weighted by Crippen LogP contribution is -2.01. The predicted molar refractivity (Wildman–Crippen MR) is 41.0 cm³/mol. The second-order valence-corrected chi connectivity index (χ2v) is 2.46. The predicted octanol–water partition coefficient (Wildman–Crippen LogP) is 0.480. The molecule has 1 aromatic rings. The SMILES string of the molecule is Nc1ccccc1PO. The lowest BCUT2D eigenvalue weighted by molar-refractivity contribution is 0.655. The summed E-state index contributed by atoms with van der Waals surface area (Å²) in [6.07, 6.45) is 0. The van der Waals surface area contributed by atoms with Crippen molar-refractivity contribution in [2.24, 2.45) is 0 Å². The van der Waals surface area contributed by atoms with Crippen molar-refractivity contribution in [2.75, 3.05) is 5.73 Å². The van der Waals surface area contributed by atoms with Gasteiger partial charge in [0.2, 0.25) is 0 Å². The van der Waals surface area contributed by atoms with Crippen LogP contribution in [0.25, 0.3) is 0 Å². The number of hydrogen-bond acceptors (Lipinski definition) is 2. The van der Waals surface area contributed by atoms with Gasteiger partial charge >= 0.3 is 0 Å². The Labute approximate surface area is 55.6 Å². The van der Waals surface area contributed by atoms with Gasteiger partial charge in [-0.25, -0.2) is 0 Å². The molecule has 0 amide bonds. The van der Waals surface area contributed by atoms with Gasteiger partial charge < -0.3 is 10.6 Å². The van der Waals surface area contributed by atoms with Crippen molar-refractivity contribution in [3.05, 3.63) is 24.3 Å². The van der Waals surface area contributed by atoms with E-state index in [1.54, 1.807) is 6.07 Å². The van der Waals surface area contributed by atoms with Gasteiger partial charge in [0.05, 0.1) is 0 Å². The Morgan fingerprint density at radius 1 is 1.33 bits per heavy atom. The molecular weight excluding hydrogens is 133 g/mol. The minimum Gasteiger partial charge on any atom is -0.398 e. The van der Waals surface area contributed by atoms with Gasteiger partial charge in [0.25, 0.3) is 0 Å². The van der Waals surface area contributed by atoms with E-state index in [0.29, 0.717) is 5.69 Å². The Balaban J connectivity index is 3.01. The number of para-hydroxylation sites is 1. The van der Waals surface area contributed by atoms with Crippen LogP contribution in [0.3, 0.4) is 0 Å². The van der Waals surface area contributed by atoms with Crippen LogP contribution in [0, 0.1) is 0 Å². The molecule has 3 heteroatoms. The molecule has 9 heavy (non-hydrogen) atoms. The van der Waals surface area contributed by atoms with Crippen LogP contribution >= 0.6 is 8.81 Å². The van der Waals surface area contributed by atoms with E-state index in [0.717, 1.165) is 5.30 Å². The standard InChI is InChI=1S/C6H8NOP/c7-5-3-1-2-4-6(5)9-8/h1-4,8-9H,7H2. The molecule has 0 saturated heterocycles. The molecule has 1 atom stereocenters. The van der Waals surface area contributed by atoms with Gasteiger partial charge in [-0.1, -0.05) is 18.2 Å². The maximum Gasteiger partial charge on any atom is 0.0440 e. The van der Waals surface area contributed by atoms with E-state index in [9.17, 15) is 0 Å². The topological polar surface area (TPSA) is 46.2 Å². The third-order valence-electron chi connectivity index (χ3n) is 1.08. The summed E-state index contributed by atoms with van der Waals surface area (Å²) in [5, 5.41) is 0.817. The summed E-state index contributed by atoms with van der Waals surface area (Å²) in [7, 11) is -0.196. The number of nitrogens with two attached hydrogens (primary N) is 1. The van der Waals surface area contributed by atoms with E-state index in [-0.39, 0.29) is 8.81 Å². The molecule has 0 saturated carbocycles. The summed E-state index contributed by atoms with van der Waals surface area (Å²) in [6, 6.07) is 7.29. The zero-order valence-electron chi connectivity index (χ0n) is 4.83. The molecule has 0 aliphatic carbocycles.